The molecule has 1 aliphatic rings. The summed E-state index contributed by atoms with van der Waals surface area (Å²) in [6.45, 7) is 10.6. The van der Waals surface area contributed by atoms with E-state index in [2.05, 4.69) is 72.0 Å². The average Bonchev–Trinajstić information content (AvgIpc) is 2.77. The summed E-state index contributed by atoms with van der Waals surface area (Å²) in [6, 6.07) is 11.2. The van der Waals surface area contributed by atoms with E-state index in [1.54, 1.807) is 7.05 Å². The van der Waals surface area contributed by atoms with Crippen LogP contribution in [0, 0.1) is 0 Å². The molecule has 1 aromatic rings. The van der Waals surface area contributed by atoms with Gasteiger partial charge < -0.3 is 16.0 Å². The van der Waals surface area contributed by atoms with Gasteiger partial charge in [0.25, 0.3) is 0 Å². The fourth-order valence-corrected chi connectivity index (χ4v) is 4.03. The van der Waals surface area contributed by atoms with E-state index in [-0.39, 0.29) is 11.3 Å². The molecule has 1 fully saturated rings. The van der Waals surface area contributed by atoms with E-state index in [4.69, 9.17) is 4.99 Å². The lowest BCUT2D eigenvalue weighted by molar-refractivity contribution is -0.122. The van der Waals surface area contributed by atoms with Crippen LogP contribution in [0.5, 0.6) is 0 Å². The molecular weight excluding hydrogens is 362 g/mol. The summed E-state index contributed by atoms with van der Waals surface area (Å²) in [6.07, 6.45) is 4.17. The number of likely N-dealkylation sites (tertiary alicyclic amines) is 1. The summed E-state index contributed by atoms with van der Waals surface area (Å²) >= 11 is 0. The predicted molar refractivity (Wildman–Crippen MR) is 121 cm³/mol. The zero-order chi connectivity index (χ0) is 21.1. The first-order valence-electron chi connectivity index (χ1n) is 11.1. The van der Waals surface area contributed by atoms with Gasteiger partial charge in [-0.15, -0.1) is 0 Å². The van der Waals surface area contributed by atoms with Crippen molar-refractivity contribution in [2.75, 3.05) is 39.8 Å². The Morgan fingerprint density at radius 1 is 1.14 bits per heavy atom. The second-order valence-corrected chi connectivity index (χ2v) is 7.92. The van der Waals surface area contributed by atoms with Gasteiger partial charge >= 0.3 is 0 Å². The van der Waals surface area contributed by atoms with Crippen molar-refractivity contribution in [3.05, 3.63) is 35.9 Å². The lowest BCUT2D eigenvalue weighted by Crippen LogP contribution is -2.50. The van der Waals surface area contributed by atoms with Crippen molar-refractivity contribution < 1.29 is 4.79 Å². The highest BCUT2D eigenvalue weighted by atomic mass is 16.1. The van der Waals surface area contributed by atoms with Gasteiger partial charge in [-0.3, -0.25) is 14.7 Å². The van der Waals surface area contributed by atoms with Gasteiger partial charge in [-0.25, -0.2) is 0 Å². The number of piperidine rings is 1. The third-order valence-corrected chi connectivity index (χ3v) is 6.20. The standard InChI is InChI=1S/C23H39N5O/c1-5-23(6-2,19-11-9-8-10-12-19)18-26-22(25-7-3)27-20-13-15-28(16-14-20)17-21(29)24-4/h8-12,20H,5-7,13-18H2,1-4H3,(H,24,29)(H2,25,26,27). The summed E-state index contributed by atoms with van der Waals surface area (Å²) in [5.74, 6) is 0.988. The van der Waals surface area contributed by atoms with Crippen molar-refractivity contribution >= 4 is 11.9 Å². The molecule has 162 valence electrons. The van der Waals surface area contributed by atoms with Crippen LogP contribution in [0.25, 0.3) is 0 Å². The normalized spacial score (nSPS) is 16.5. The molecule has 0 spiro atoms. The van der Waals surface area contributed by atoms with Crippen LogP contribution in [0.4, 0.5) is 0 Å². The second kappa shape index (κ2) is 11.8. The molecule has 0 saturated carbocycles. The van der Waals surface area contributed by atoms with E-state index < -0.39 is 0 Å². The number of hydrogen-bond donors (Lipinski definition) is 3. The Hall–Kier alpha value is -2.08. The molecule has 1 saturated heterocycles. The number of rotatable bonds is 9. The number of aliphatic imine (C=N–C) groups is 1. The molecule has 1 aromatic carbocycles. The summed E-state index contributed by atoms with van der Waals surface area (Å²) in [4.78, 5) is 18.8. The van der Waals surface area contributed by atoms with Crippen LogP contribution in [-0.2, 0) is 10.2 Å². The summed E-state index contributed by atoms with van der Waals surface area (Å²) in [5, 5.41) is 9.75. The van der Waals surface area contributed by atoms with E-state index in [0.29, 0.717) is 12.6 Å². The fourth-order valence-electron chi connectivity index (χ4n) is 4.03. The molecular formula is C23H39N5O. The quantitative estimate of drug-likeness (QED) is 0.439. The van der Waals surface area contributed by atoms with E-state index in [1.807, 2.05) is 0 Å². The number of benzene rings is 1. The maximum atomic E-state index is 11.6. The van der Waals surface area contributed by atoms with Crippen molar-refractivity contribution in [3.8, 4) is 0 Å². The Morgan fingerprint density at radius 3 is 2.34 bits per heavy atom. The molecule has 6 heteroatoms. The first kappa shape index (κ1) is 23.2. The van der Waals surface area contributed by atoms with E-state index >= 15 is 0 Å². The molecule has 0 aliphatic carbocycles. The van der Waals surface area contributed by atoms with Gasteiger partial charge in [0.1, 0.15) is 0 Å². The molecule has 2 rings (SSSR count). The SMILES string of the molecule is CCNC(=NCC(CC)(CC)c1ccccc1)NC1CCN(CC(=O)NC)CC1. The van der Waals surface area contributed by atoms with Gasteiger partial charge in [-0.2, -0.15) is 0 Å². The topological polar surface area (TPSA) is 68.8 Å². The molecule has 0 atom stereocenters. The molecule has 6 nitrogen and oxygen atoms in total. The first-order chi connectivity index (χ1) is 14.1. The van der Waals surface area contributed by atoms with Crippen LogP contribution in [0.3, 0.4) is 0 Å². The van der Waals surface area contributed by atoms with Crippen LogP contribution < -0.4 is 16.0 Å². The molecule has 0 aromatic heterocycles. The summed E-state index contributed by atoms with van der Waals surface area (Å²) in [7, 11) is 1.69. The van der Waals surface area contributed by atoms with Crippen molar-refractivity contribution in [2.24, 2.45) is 4.99 Å². The molecule has 1 heterocycles. The highest BCUT2D eigenvalue weighted by Gasteiger charge is 2.28. The zero-order valence-corrected chi connectivity index (χ0v) is 18.6. The van der Waals surface area contributed by atoms with Gasteiger partial charge in [-0.1, -0.05) is 44.2 Å². The number of amides is 1. The highest BCUT2D eigenvalue weighted by Crippen LogP contribution is 2.32. The largest absolute Gasteiger partial charge is 0.358 e. The van der Waals surface area contributed by atoms with Crippen molar-refractivity contribution in [3.63, 3.8) is 0 Å². The van der Waals surface area contributed by atoms with Crippen LogP contribution in [0.2, 0.25) is 0 Å². The van der Waals surface area contributed by atoms with Crippen molar-refractivity contribution in [1.82, 2.24) is 20.9 Å². The minimum atomic E-state index is 0.0699. The summed E-state index contributed by atoms with van der Waals surface area (Å²) < 4.78 is 0. The van der Waals surface area contributed by atoms with Gasteiger partial charge in [0.15, 0.2) is 5.96 Å². The monoisotopic (exact) mass is 401 g/mol. The van der Waals surface area contributed by atoms with Crippen molar-refractivity contribution in [1.29, 1.82) is 0 Å². The maximum absolute atomic E-state index is 11.6. The number of nitrogens with zero attached hydrogens (tertiary/aromatic N) is 2. The predicted octanol–water partition coefficient (Wildman–Crippen LogP) is 2.51. The molecule has 0 bridgehead atoms. The zero-order valence-electron chi connectivity index (χ0n) is 18.6. The molecule has 0 unspecified atom stereocenters. The Kier molecular flexibility index (Phi) is 9.45. The Balaban J connectivity index is 1.99. The van der Waals surface area contributed by atoms with Crippen LogP contribution >= 0.6 is 0 Å². The van der Waals surface area contributed by atoms with Crippen LogP contribution in [0.1, 0.15) is 52.0 Å². The first-order valence-corrected chi connectivity index (χ1v) is 11.1. The van der Waals surface area contributed by atoms with Crippen LogP contribution in [0.15, 0.2) is 35.3 Å². The number of hydrogen-bond acceptors (Lipinski definition) is 3. The Bertz CT molecular complexity index is 634. The second-order valence-electron chi connectivity index (χ2n) is 7.92. The Labute approximate surface area is 176 Å². The van der Waals surface area contributed by atoms with Crippen molar-refractivity contribution in [2.45, 2.75) is 57.9 Å². The number of carbonyl (C=O) groups excluding carboxylic acids is 1. The number of likely N-dealkylation sites (N-methyl/N-ethyl adjacent to an activating group) is 1. The lowest BCUT2D eigenvalue weighted by atomic mass is 9.76. The van der Waals surface area contributed by atoms with E-state index in [1.165, 1.54) is 5.56 Å². The van der Waals surface area contributed by atoms with Crippen LogP contribution in [-0.4, -0.2) is 62.6 Å². The maximum Gasteiger partial charge on any atom is 0.233 e. The fraction of sp³-hybridized carbons (Fsp3) is 0.652. The minimum absolute atomic E-state index is 0.0699. The van der Waals surface area contributed by atoms with Gasteiger partial charge in [0, 0.05) is 38.1 Å². The third kappa shape index (κ3) is 6.74. The number of guanidine groups is 1. The molecule has 0 radical (unpaired) electrons. The number of carbonyl (C=O) groups is 1. The molecule has 29 heavy (non-hydrogen) atoms. The third-order valence-electron chi connectivity index (χ3n) is 6.20. The summed E-state index contributed by atoms with van der Waals surface area (Å²) in [5.41, 5.74) is 1.44. The van der Waals surface area contributed by atoms with E-state index in [0.717, 1.165) is 57.8 Å². The van der Waals surface area contributed by atoms with Gasteiger partial charge in [-0.05, 0) is 38.2 Å². The molecule has 3 N–H and O–H groups in total. The smallest absolute Gasteiger partial charge is 0.233 e. The average molecular weight is 402 g/mol. The Morgan fingerprint density at radius 2 is 1.79 bits per heavy atom. The van der Waals surface area contributed by atoms with E-state index in [9.17, 15) is 4.79 Å². The molecule has 1 aliphatic heterocycles. The molecule has 1 amide bonds. The highest BCUT2D eigenvalue weighted by molar-refractivity contribution is 5.80. The lowest BCUT2D eigenvalue weighted by Gasteiger charge is -2.33. The number of nitrogens with one attached hydrogen (secondary N) is 3. The van der Waals surface area contributed by atoms with Gasteiger partial charge in [0.2, 0.25) is 5.91 Å². The van der Waals surface area contributed by atoms with Gasteiger partial charge in [0.05, 0.1) is 13.1 Å². The minimum Gasteiger partial charge on any atom is -0.358 e.